The topological polar surface area (TPSA) is 26.3 Å². The lowest BCUT2D eigenvalue weighted by atomic mass is 10.0. The summed E-state index contributed by atoms with van der Waals surface area (Å²) in [5.74, 6) is 1.05. The Kier molecular flexibility index (Phi) is 1.60. The van der Waals surface area contributed by atoms with Crippen LogP contribution in [0.4, 0.5) is 0 Å². The Morgan fingerprint density at radius 2 is 2.07 bits per heavy atom. The van der Waals surface area contributed by atoms with Crippen molar-refractivity contribution in [2.24, 2.45) is 0 Å². The van der Waals surface area contributed by atoms with Crippen LogP contribution < -0.4 is 4.74 Å². The lowest BCUT2D eigenvalue weighted by Gasteiger charge is -2.06. The lowest BCUT2D eigenvalue weighted by Crippen LogP contribution is -1.92. The van der Waals surface area contributed by atoms with Gasteiger partial charge in [-0.05, 0) is 17.0 Å². The van der Waals surface area contributed by atoms with Crippen LogP contribution in [0.5, 0.6) is 5.75 Å². The standard InChI is InChI=1S/C13H10O2/c1-15-12-6-5-8-7-11(14)9-3-2-4-10(12)13(8)9/h2-6H,7H2,1H3. The van der Waals surface area contributed by atoms with Gasteiger partial charge in [0.05, 0.1) is 7.11 Å². The molecule has 0 amide bonds. The number of methoxy groups -OCH3 is 1. The van der Waals surface area contributed by atoms with Gasteiger partial charge in [-0.3, -0.25) is 4.79 Å². The van der Waals surface area contributed by atoms with E-state index in [1.54, 1.807) is 7.11 Å². The molecule has 15 heavy (non-hydrogen) atoms. The van der Waals surface area contributed by atoms with Gasteiger partial charge in [0.1, 0.15) is 5.75 Å². The number of carbonyl (C=O) groups excluding carboxylic acids is 1. The largest absolute Gasteiger partial charge is 0.496 e. The van der Waals surface area contributed by atoms with Gasteiger partial charge >= 0.3 is 0 Å². The maximum atomic E-state index is 11.7. The molecule has 0 unspecified atom stereocenters. The molecule has 0 radical (unpaired) electrons. The minimum Gasteiger partial charge on any atom is -0.496 e. The number of benzene rings is 2. The molecule has 3 rings (SSSR count). The summed E-state index contributed by atoms with van der Waals surface area (Å²) >= 11 is 0. The molecule has 0 aromatic heterocycles. The van der Waals surface area contributed by atoms with Crippen LogP contribution in [0.15, 0.2) is 30.3 Å². The maximum Gasteiger partial charge on any atom is 0.167 e. The second-order valence-electron chi connectivity index (χ2n) is 3.76. The summed E-state index contributed by atoms with van der Waals surface area (Å²) in [6.45, 7) is 0. The molecule has 0 heterocycles. The van der Waals surface area contributed by atoms with Crippen LogP contribution in [0.1, 0.15) is 15.9 Å². The Balaban J connectivity index is 2.50. The average Bonchev–Trinajstić information content (AvgIpc) is 2.59. The quantitative estimate of drug-likeness (QED) is 0.704. The molecule has 0 saturated carbocycles. The fraction of sp³-hybridized carbons (Fsp3) is 0.154. The van der Waals surface area contributed by atoms with Crippen LogP contribution >= 0.6 is 0 Å². The molecule has 0 spiro atoms. The molecule has 2 aromatic carbocycles. The van der Waals surface area contributed by atoms with Gasteiger partial charge in [-0.2, -0.15) is 0 Å². The molecular formula is C13H10O2. The van der Waals surface area contributed by atoms with E-state index >= 15 is 0 Å². The summed E-state index contributed by atoms with van der Waals surface area (Å²) in [7, 11) is 1.65. The molecule has 0 N–H and O–H groups in total. The second-order valence-corrected chi connectivity index (χ2v) is 3.76. The van der Waals surface area contributed by atoms with E-state index in [-0.39, 0.29) is 5.78 Å². The number of ether oxygens (including phenoxy) is 1. The maximum absolute atomic E-state index is 11.7. The minimum absolute atomic E-state index is 0.212. The van der Waals surface area contributed by atoms with E-state index in [2.05, 4.69) is 0 Å². The molecule has 74 valence electrons. The van der Waals surface area contributed by atoms with Crippen molar-refractivity contribution < 1.29 is 9.53 Å². The number of Topliss-reactive ketones (excluding diaryl/α,β-unsaturated/α-hetero) is 1. The van der Waals surface area contributed by atoms with Crippen molar-refractivity contribution in [1.82, 2.24) is 0 Å². The monoisotopic (exact) mass is 198 g/mol. The van der Waals surface area contributed by atoms with Gasteiger partial charge in [0.2, 0.25) is 0 Å². The molecule has 0 bridgehead atoms. The van der Waals surface area contributed by atoms with Gasteiger partial charge in [-0.15, -0.1) is 0 Å². The van der Waals surface area contributed by atoms with E-state index in [1.165, 1.54) is 0 Å². The first-order valence-electron chi connectivity index (χ1n) is 4.93. The molecule has 0 fully saturated rings. The zero-order valence-corrected chi connectivity index (χ0v) is 8.41. The zero-order valence-electron chi connectivity index (χ0n) is 8.41. The van der Waals surface area contributed by atoms with Crippen molar-refractivity contribution in [2.75, 3.05) is 7.11 Å². The number of rotatable bonds is 1. The van der Waals surface area contributed by atoms with Crippen LogP contribution in [0, 0.1) is 0 Å². The first-order valence-corrected chi connectivity index (χ1v) is 4.93. The van der Waals surface area contributed by atoms with Crippen molar-refractivity contribution in [3.8, 4) is 5.75 Å². The van der Waals surface area contributed by atoms with Gasteiger partial charge in [0, 0.05) is 17.4 Å². The van der Waals surface area contributed by atoms with Crippen LogP contribution in [0.25, 0.3) is 10.8 Å². The Morgan fingerprint density at radius 3 is 2.87 bits per heavy atom. The van der Waals surface area contributed by atoms with Crippen LogP contribution in [0.2, 0.25) is 0 Å². The van der Waals surface area contributed by atoms with E-state index in [1.807, 2.05) is 30.3 Å². The molecule has 1 aliphatic rings. The second kappa shape index (κ2) is 2.83. The molecule has 0 aliphatic heterocycles. The summed E-state index contributed by atoms with van der Waals surface area (Å²) in [5, 5.41) is 2.11. The zero-order chi connectivity index (χ0) is 10.4. The van der Waals surface area contributed by atoms with E-state index in [0.717, 1.165) is 27.6 Å². The predicted octanol–water partition coefficient (Wildman–Crippen LogP) is 2.59. The number of hydrogen-bond acceptors (Lipinski definition) is 2. The Hall–Kier alpha value is -1.83. The highest BCUT2D eigenvalue weighted by Crippen LogP contribution is 2.35. The molecule has 0 saturated heterocycles. The van der Waals surface area contributed by atoms with Crippen molar-refractivity contribution in [3.05, 3.63) is 41.5 Å². The molecule has 2 nitrogen and oxygen atoms in total. The summed E-state index contributed by atoms with van der Waals surface area (Å²) in [5.41, 5.74) is 1.95. The molecule has 2 heteroatoms. The molecule has 2 aromatic rings. The highest BCUT2D eigenvalue weighted by Gasteiger charge is 2.22. The highest BCUT2D eigenvalue weighted by molar-refractivity contribution is 6.16. The third-order valence-corrected chi connectivity index (χ3v) is 2.96. The number of ketones is 1. The van der Waals surface area contributed by atoms with Crippen LogP contribution in [-0.4, -0.2) is 12.9 Å². The summed E-state index contributed by atoms with van der Waals surface area (Å²) in [6, 6.07) is 9.71. The molecule has 0 atom stereocenters. The van der Waals surface area contributed by atoms with E-state index in [4.69, 9.17) is 4.74 Å². The van der Waals surface area contributed by atoms with E-state index in [0.29, 0.717) is 6.42 Å². The molecule has 1 aliphatic carbocycles. The summed E-state index contributed by atoms with van der Waals surface area (Å²) in [6.07, 6.45) is 0.528. The van der Waals surface area contributed by atoms with Gasteiger partial charge in [-0.1, -0.05) is 24.3 Å². The Labute approximate surface area is 87.5 Å². The normalized spacial score (nSPS) is 13.5. The Bertz CT molecular complexity index is 570. The lowest BCUT2D eigenvalue weighted by molar-refractivity contribution is 0.1000. The van der Waals surface area contributed by atoms with Crippen LogP contribution in [0.3, 0.4) is 0 Å². The third kappa shape index (κ3) is 1.02. The first-order chi connectivity index (χ1) is 7.31. The van der Waals surface area contributed by atoms with E-state index in [9.17, 15) is 4.79 Å². The van der Waals surface area contributed by atoms with Crippen molar-refractivity contribution in [2.45, 2.75) is 6.42 Å². The summed E-state index contributed by atoms with van der Waals surface area (Å²) in [4.78, 5) is 11.7. The van der Waals surface area contributed by atoms with Crippen molar-refractivity contribution >= 4 is 16.6 Å². The summed E-state index contributed by atoms with van der Waals surface area (Å²) < 4.78 is 5.29. The Morgan fingerprint density at radius 1 is 1.20 bits per heavy atom. The van der Waals surface area contributed by atoms with Crippen LogP contribution in [-0.2, 0) is 6.42 Å². The minimum atomic E-state index is 0.212. The average molecular weight is 198 g/mol. The first kappa shape index (κ1) is 8.48. The number of hydrogen-bond donors (Lipinski definition) is 0. The fourth-order valence-corrected chi connectivity index (χ4v) is 2.28. The van der Waals surface area contributed by atoms with Crippen molar-refractivity contribution in [1.29, 1.82) is 0 Å². The van der Waals surface area contributed by atoms with Gasteiger partial charge in [0.25, 0.3) is 0 Å². The number of carbonyl (C=O) groups is 1. The van der Waals surface area contributed by atoms with Gasteiger partial charge in [0.15, 0.2) is 5.78 Å². The van der Waals surface area contributed by atoms with Gasteiger partial charge in [-0.25, -0.2) is 0 Å². The third-order valence-electron chi connectivity index (χ3n) is 2.96. The van der Waals surface area contributed by atoms with Gasteiger partial charge < -0.3 is 4.74 Å². The van der Waals surface area contributed by atoms with E-state index < -0.39 is 0 Å². The predicted molar refractivity (Wildman–Crippen MR) is 58.5 cm³/mol. The smallest absolute Gasteiger partial charge is 0.167 e. The van der Waals surface area contributed by atoms with Crippen molar-refractivity contribution in [3.63, 3.8) is 0 Å². The SMILES string of the molecule is COc1ccc2c3c(cccc13)C(=O)C2. The highest BCUT2D eigenvalue weighted by atomic mass is 16.5. The molecular weight excluding hydrogens is 188 g/mol. The fourth-order valence-electron chi connectivity index (χ4n) is 2.28.